The summed E-state index contributed by atoms with van der Waals surface area (Å²) in [5.74, 6) is -1.77. The quantitative estimate of drug-likeness (QED) is 0.138. The van der Waals surface area contributed by atoms with Crippen LogP contribution in [0.15, 0.2) is 62.5 Å². The van der Waals surface area contributed by atoms with Crippen LogP contribution in [0.1, 0.15) is 16.1 Å². The van der Waals surface area contributed by atoms with Crippen molar-refractivity contribution in [2.75, 3.05) is 5.73 Å². The second-order valence-corrected chi connectivity index (χ2v) is 8.40. The first-order valence-corrected chi connectivity index (χ1v) is 10.7. The molecule has 3 aromatic rings. The summed E-state index contributed by atoms with van der Waals surface area (Å²) >= 11 is -2.46. The number of benzene rings is 2. The second-order valence-electron chi connectivity index (χ2n) is 6.08. The van der Waals surface area contributed by atoms with Crippen molar-refractivity contribution in [3.8, 4) is 5.69 Å². The van der Waals surface area contributed by atoms with Gasteiger partial charge in [-0.2, -0.15) is 5.10 Å². The number of nitrogen functional groups attached to an aromatic ring is 1. The Morgan fingerprint density at radius 1 is 1.12 bits per heavy atom. The smallest absolute Gasteiger partial charge is 0.768 e. The van der Waals surface area contributed by atoms with E-state index in [-0.39, 0.29) is 111 Å². The largest absolute Gasteiger partial charge is 1.00 e. The number of hydrogen-bond acceptors (Lipinski definition) is 11. The number of aromatic nitrogens is 2. The third kappa shape index (κ3) is 7.77. The van der Waals surface area contributed by atoms with Gasteiger partial charge in [-0.1, -0.05) is 6.07 Å². The summed E-state index contributed by atoms with van der Waals surface area (Å²) in [5, 5.41) is 23.2. The first-order valence-electron chi connectivity index (χ1n) is 8.27. The number of carboxylic acids is 1. The first-order chi connectivity index (χ1) is 14.5. The van der Waals surface area contributed by atoms with Gasteiger partial charge < -0.3 is 24.7 Å². The van der Waals surface area contributed by atoms with Crippen LogP contribution in [-0.4, -0.2) is 37.5 Å². The van der Waals surface area contributed by atoms with E-state index in [1.807, 2.05) is 0 Å². The van der Waals surface area contributed by atoms with E-state index in [0.717, 1.165) is 12.1 Å². The van der Waals surface area contributed by atoms with E-state index in [9.17, 15) is 31.6 Å². The molecule has 0 aliphatic heterocycles. The Hall–Kier alpha value is -0.460. The Kier molecular flexibility index (Phi) is 13.6. The van der Waals surface area contributed by atoms with Crippen LogP contribution in [0.25, 0.3) is 5.69 Å². The molecule has 0 spiro atoms. The van der Waals surface area contributed by atoms with Gasteiger partial charge in [0.25, 0.3) is 0 Å². The van der Waals surface area contributed by atoms with Gasteiger partial charge in [-0.15, -0.1) is 10.2 Å². The van der Waals surface area contributed by atoms with Gasteiger partial charge in [-0.05, 0) is 54.4 Å². The molecule has 34 heavy (non-hydrogen) atoms. The molecule has 1 aromatic heterocycles. The van der Waals surface area contributed by atoms with Crippen molar-refractivity contribution in [2.24, 2.45) is 10.2 Å². The first kappa shape index (κ1) is 33.5. The Bertz CT molecular complexity index is 1360. The molecule has 0 bridgehead atoms. The summed E-state index contributed by atoms with van der Waals surface area (Å²) in [6.45, 7) is 1.55. The number of hydrogen-bond donors (Lipinski definition) is 1. The van der Waals surface area contributed by atoms with E-state index in [4.69, 9.17) is 5.73 Å². The minimum atomic E-state index is -4.88. The van der Waals surface area contributed by atoms with Crippen LogP contribution in [0.4, 0.5) is 17.2 Å². The van der Waals surface area contributed by atoms with Crippen LogP contribution in [0, 0.1) is 6.92 Å². The zero-order valence-electron chi connectivity index (χ0n) is 18.6. The number of aromatic carboxylic acids is 1. The number of rotatable bonds is 6. The fourth-order valence-electron chi connectivity index (χ4n) is 2.60. The van der Waals surface area contributed by atoms with E-state index in [0.29, 0.717) is 17.4 Å². The van der Waals surface area contributed by atoms with Crippen LogP contribution in [0.3, 0.4) is 0 Å². The molecule has 1 heterocycles. The Balaban J connectivity index is 0.00000363. The van der Waals surface area contributed by atoms with Crippen LogP contribution in [0.5, 0.6) is 0 Å². The van der Waals surface area contributed by atoms with Gasteiger partial charge in [0.2, 0.25) is 0 Å². The van der Waals surface area contributed by atoms with Crippen molar-refractivity contribution in [2.45, 2.75) is 16.7 Å². The van der Waals surface area contributed by atoms with Crippen LogP contribution >= 0.6 is 0 Å². The molecule has 0 amide bonds. The predicted octanol–water partition coefficient (Wildman–Crippen LogP) is -8.30. The van der Waals surface area contributed by atoms with Crippen molar-refractivity contribution >= 4 is 44.4 Å². The molecule has 0 radical (unpaired) electrons. The van der Waals surface area contributed by atoms with Crippen LogP contribution in [-0.2, 0) is 21.2 Å². The Morgan fingerprint density at radius 3 is 2.32 bits per heavy atom. The second kappa shape index (κ2) is 13.7. The monoisotopic (exact) mass is 531 g/mol. The number of carboxylic acid groups (broad SMARTS) is 1. The standard InChI is InChI=1S/C17H15N5O7S2.3Na/c1-9-15(16(18)22(21-9)10-3-2-4-11(7-10)30(25)26)20-19-14-6-5-12(31(27,28)29)8-13(14)17(23)24;;;/h2-8H,18H2,1H3,(H,23,24)(H,25,26)(H,27,28,29);;;/q;3*+1/p-3. The maximum atomic E-state index is 11.3. The van der Waals surface area contributed by atoms with Gasteiger partial charge in [0.1, 0.15) is 10.1 Å². The molecule has 1 atom stereocenters. The molecule has 17 heteroatoms. The van der Waals surface area contributed by atoms with E-state index in [2.05, 4.69) is 15.3 Å². The zero-order valence-corrected chi connectivity index (χ0v) is 26.2. The van der Waals surface area contributed by atoms with E-state index >= 15 is 0 Å². The number of carbonyl (C=O) groups is 1. The number of nitrogens with zero attached hydrogens (tertiary/aromatic N) is 4. The molecule has 3 rings (SSSR count). The van der Waals surface area contributed by atoms with Crippen molar-refractivity contribution in [3.63, 3.8) is 0 Å². The molecule has 2 N–H and O–H groups in total. The summed E-state index contributed by atoms with van der Waals surface area (Å²) in [5.41, 5.74) is 5.82. The minimum absolute atomic E-state index is 0. The molecule has 0 fully saturated rings. The Labute approximate surface area is 263 Å². The van der Waals surface area contributed by atoms with Gasteiger partial charge in [0.15, 0.2) is 11.5 Å². The summed E-state index contributed by atoms with van der Waals surface area (Å²) in [6, 6.07) is 8.28. The SMILES string of the molecule is Cc1nn(-c2cccc(S(=O)[O-])c2)c(N)c1N=Nc1ccc(S(=O)(=O)[O-])cc1C(=O)[O-].[Na+].[Na+].[Na+]. The molecule has 162 valence electrons. The van der Waals surface area contributed by atoms with Crippen LogP contribution < -0.4 is 99.5 Å². The predicted molar refractivity (Wildman–Crippen MR) is 103 cm³/mol. The molecule has 12 nitrogen and oxygen atoms in total. The van der Waals surface area contributed by atoms with Gasteiger partial charge in [0.05, 0.1) is 27.9 Å². The number of azo groups is 1. The zero-order chi connectivity index (χ0) is 22.9. The number of nitrogens with two attached hydrogens (primary N) is 1. The van der Waals surface area contributed by atoms with Crippen molar-refractivity contribution in [1.82, 2.24) is 9.78 Å². The van der Waals surface area contributed by atoms with E-state index < -0.39 is 37.6 Å². The van der Waals surface area contributed by atoms with Gasteiger partial charge in [-0.25, -0.2) is 13.1 Å². The molecule has 1 unspecified atom stereocenters. The number of aryl methyl sites for hydroxylation is 1. The molecular weight excluding hydrogens is 519 g/mol. The van der Waals surface area contributed by atoms with Crippen molar-refractivity contribution in [3.05, 3.63) is 53.7 Å². The third-order valence-electron chi connectivity index (χ3n) is 4.05. The molecule has 2 aromatic carbocycles. The number of carbonyl (C=O) groups excluding carboxylic acids is 1. The number of anilines is 1. The molecular formula is C17H12N5Na3O7S2. The fraction of sp³-hybridized carbons (Fsp3) is 0.0588. The van der Waals surface area contributed by atoms with Gasteiger partial charge in [0, 0.05) is 10.5 Å². The normalized spacial score (nSPS) is 11.7. The summed E-state index contributed by atoms with van der Waals surface area (Å²) in [6.07, 6.45) is 0. The van der Waals surface area contributed by atoms with E-state index in [1.165, 1.54) is 22.9 Å². The molecule has 0 saturated heterocycles. The maximum Gasteiger partial charge on any atom is 1.00 e. The topological polar surface area (TPSA) is 206 Å². The summed E-state index contributed by atoms with van der Waals surface area (Å²) < 4.78 is 56.9. The van der Waals surface area contributed by atoms with Crippen molar-refractivity contribution < 1.29 is 120 Å². The third-order valence-corrected chi connectivity index (χ3v) is 5.52. The molecule has 0 saturated carbocycles. The minimum Gasteiger partial charge on any atom is -0.768 e. The fourth-order valence-corrected chi connectivity index (χ4v) is 3.50. The molecule has 0 aliphatic carbocycles. The summed E-state index contributed by atoms with van der Waals surface area (Å²) in [7, 11) is -4.88. The van der Waals surface area contributed by atoms with Crippen molar-refractivity contribution in [1.29, 1.82) is 0 Å². The summed E-state index contributed by atoms with van der Waals surface area (Å²) in [4.78, 5) is 10.6. The average molecular weight is 531 g/mol. The molecule has 0 aliphatic rings. The van der Waals surface area contributed by atoms with Gasteiger partial charge in [-0.3, -0.25) is 4.21 Å². The van der Waals surface area contributed by atoms with Crippen LogP contribution in [0.2, 0.25) is 0 Å². The average Bonchev–Trinajstić information content (AvgIpc) is 2.99. The maximum absolute atomic E-state index is 11.3. The van der Waals surface area contributed by atoms with E-state index in [1.54, 1.807) is 13.0 Å². The van der Waals surface area contributed by atoms with Gasteiger partial charge >= 0.3 is 88.7 Å². The Morgan fingerprint density at radius 2 is 1.76 bits per heavy atom.